The van der Waals surface area contributed by atoms with Crippen LogP contribution in [0.5, 0.6) is 5.75 Å². The Morgan fingerprint density at radius 1 is 1.16 bits per heavy atom. The van der Waals surface area contributed by atoms with Crippen molar-refractivity contribution in [1.82, 2.24) is 15.3 Å². The second kappa shape index (κ2) is 10.5. The van der Waals surface area contributed by atoms with Crippen LogP contribution in [0.4, 0.5) is 4.39 Å². The van der Waals surface area contributed by atoms with Gasteiger partial charge in [0.05, 0.1) is 13.3 Å². The largest absolute Gasteiger partial charge is 0.496 e. The molecule has 0 atom stereocenters. The number of hydrogen-bond acceptors (Lipinski definition) is 5. The molecular weight excluding hydrogens is 409 g/mol. The van der Waals surface area contributed by atoms with Gasteiger partial charge in [0.15, 0.2) is 17.8 Å². The molecule has 0 saturated carbocycles. The fraction of sp³-hybridized carbons (Fsp3) is 0.240. The number of methoxy groups -OCH3 is 1. The van der Waals surface area contributed by atoms with Gasteiger partial charge in [-0.2, -0.15) is 0 Å². The molecule has 0 spiro atoms. The van der Waals surface area contributed by atoms with Crippen LogP contribution in [0.1, 0.15) is 35.5 Å². The van der Waals surface area contributed by atoms with E-state index in [9.17, 15) is 9.18 Å². The lowest BCUT2D eigenvalue weighted by Gasteiger charge is -2.09. The van der Waals surface area contributed by atoms with Gasteiger partial charge in [0.2, 0.25) is 0 Å². The number of pyridine rings is 1. The van der Waals surface area contributed by atoms with E-state index in [4.69, 9.17) is 9.15 Å². The zero-order chi connectivity index (χ0) is 23.1. The Bertz CT molecular complexity index is 1220. The van der Waals surface area contributed by atoms with E-state index >= 15 is 0 Å². The van der Waals surface area contributed by atoms with Gasteiger partial charge in [-0.15, -0.1) is 0 Å². The van der Waals surface area contributed by atoms with Gasteiger partial charge in [-0.3, -0.25) is 9.78 Å². The summed E-state index contributed by atoms with van der Waals surface area (Å²) in [5.74, 6) is 0.456. The Balaban J connectivity index is 0.00000141. The standard InChI is InChI=1S/C23H20FN3O3.C2H6/c1-14-10-16(6-7-20(14)29-2)22-21(27-13-30-22)23(28)26-9-8-15-4-3-5-17-18(15)11-25-12-19(17)24;1-2/h3-7,10-13H,8-9H2,1-2H3,(H,26,28);1-2H3. The van der Waals surface area contributed by atoms with Gasteiger partial charge in [-0.25, -0.2) is 9.37 Å². The number of halogens is 1. The van der Waals surface area contributed by atoms with E-state index in [1.807, 2.05) is 45.0 Å². The first kappa shape index (κ1) is 22.9. The number of rotatable bonds is 6. The summed E-state index contributed by atoms with van der Waals surface area (Å²) in [5, 5.41) is 4.11. The molecule has 2 aromatic carbocycles. The van der Waals surface area contributed by atoms with Gasteiger partial charge in [0.25, 0.3) is 5.91 Å². The second-order valence-corrected chi connectivity index (χ2v) is 6.85. The number of hydrogen-bond donors (Lipinski definition) is 1. The molecule has 0 aliphatic carbocycles. The minimum atomic E-state index is -0.361. The summed E-state index contributed by atoms with van der Waals surface area (Å²) in [5.41, 5.74) is 2.79. The van der Waals surface area contributed by atoms with Gasteiger partial charge in [-0.05, 0) is 42.7 Å². The number of amides is 1. The van der Waals surface area contributed by atoms with Gasteiger partial charge in [0.1, 0.15) is 11.6 Å². The predicted octanol–water partition coefficient (Wildman–Crippen LogP) is 5.34. The van der Waals surface area contributed by atoms with Crippen molar-refractivity contribution in [3.05, 3.63) is 77.8 Å². The van der Waals surface area contributed by atoms with Crippen molar-refractivity contribution in [2.45, 2.75) is 27.2 Å². The first-order valence-electron chi connectivity index (χ1n) is 10.5. The molecular formula is C25H26FN3O3. The Morgan fingerprint density at radius 2 is 1.97 bits per heavy atom. The average Bonchev–Trinajstić information content (AvgIpc) is 3.31. The monoisotopic (exact) mass is 435 g/mol. The van der Waals surface area contributed by atoms with Crippen LogP contribution in [0.3, 0.4) is 0 Å². The summed E-state index contributed by atoms with van der Waals surface area (Å²) >= 11 is 0. The first-order valence-corrected chi connectivity index (χ1v) is 10.5. The normalized spacial score (nSPS) is 10.4. The van der Waals surface area contributed by atoms with Crippen LogP contribution in [0.15, 0.2) is 59.6 Å². The van der Waals surface area contributed by atoms with E-state index in [1.165, 1.54) is 12.6 Å². The van der Waals surface area contributed by atoms with Crippen LogP contribution in [0.25, 0.3) is 22.1 Å². The molecule has 1 amide bonds. The summed E-state index contributed by atoms with van der Waals surface area (Å²) in [4.78, 5) is 20.7. The molecule has 4 rings (SSSR count). The number of fused-ring (bicyclic) bond motifs is 1. The number of aryl methyl sites for hydroxylation is 1. The number of nitrogens with one attached hydrogen (secondary N) is 1. The van der Waals surface area contributed by atoms with Crippen LogP contribution in [0.2, 0.25) is 0 Å². The highest BCUT2D eigenvalue weighted by Gasteiger charge is 2.19. The minimum Gasteiger partial charge on any atom is -0.496 e. The highest BCUT2D eigenvalue weighted by Crippen LogP contribution is 2.28. The number of aromatic nitrogens is 2. The van der Waals surface area contributed by atoms with E-state index in [2.05, 4.69) is 15.3 Å². The van der Waals surface area contributed by atoms with Crippen molar-refractivity contribution in [2.24, 2.45) is 0 Å². The lowest BCUT2D eigenvalue weighted by Crippen LogP contribution is -2.26. The van der Waals surface area contributed by atoms with Crippen molar-refractivity contribution < 1.29 is 18.3 Å². The number of nitrogens with zero attached hydrogens (tertiary/aromatic N) is 2. The second-order valence-electron chi connectivity index (χ2n) is 6.85. The first-order chi connectivity index (χ1) is 15.6. The molecule has 1 N–H and O–H groups in total. The number of oxazole rings is 1. The molecule has 2 heterocycles. The van der Waals surface area contributed by atoms with Gasteiger partial charge >= 0.3 is 0 Å². The minimum absolute atomic E-state index is 0.213. The fourth-order valence-corrected chi connectivity index (χ4v) is 3.47. The number of ether oxygens (including phenoxy) is 1. The summed E-state index contributed by atoms with van der Waals surface area (Å²) in [6.07, 6.45) is 4.62. The molecule has 0 unspecified atom stereocenters. The Hall–Kier alpha value is -3.74. The third-order valence-electron chi connectivity index (χ3n) is 4.96. The molecule has 0 saturated heterocycles. The maximum absolute atomic E-state index is 13.9. The molecule has 6 nitrogen and oxygen atoms in total. The lowest BCUT2D eigenvalue weighted by atomic mass is 10.0. The summed E-state index contributed by atoms with van der Waals surface area (Å²) in [7, 11) is 1.61. The molecule has 0 aliphatic heterocycles. The van der Waals surface area contributed by atoms with E-state index in [0.29, 0.717) is 24.1 Å². The zero-order valence-corrected chi connectivity index (χ0v) is 18.6. The van der Waals surface area contributed by atoms with Gasteiger partial charge < -0.3 is 14.5 Å². The Kier molecular flexibility index (Phi) is 7.54. The SMILES string of the molecule is CC.COc1ccc(-c2ocnc2C(=O)NCCc2cccc3c(F)cncc23)cc1C. The molecule has 2 aromatic heterocycles. The summed E-state index contributed by atoms with van der Waals surface area (Å²) in [6, 6.07) is 10.9. The number of carbonyl (C=O) groups is 1. The highest BCUT2D eigenvalue weighted by atomic mass is 19.1. The molecule has 7 heteroatoms. The van der Waals surface area contributed by atoms with E-state index in [1.54, 1.807) is 25.4 Å². The van der Waals surface area contributed by atoms with Crippen molar-refractivity contribution >= 4 is 16.7 Å². The Morgan fingerprint density at radius 3 is 2.72 bits per heavy atom. The number of carbonyl (C=O) groups excluding carboxylic acids is 1. The van der Waals surface area contributed by atoms with E-state index in [-0.39, 0.29) is 17.4 Å². The van der Waals surface area contributed by atoms with Crippen molar-refractivity contribution in [2.75, 3.05) is 13.7 Å². The van der Waals surface area contributed by atoms with Gasteiger partial charge in [0, 0.05) is 29.1 Å². The van der Waals surface area contributed by atoms with Crippen LogP contribution in [-0.2, 0) is 6.42 Å². The molecule has 166 valence electrons. The molecule has 4 aromatic rings. The quantitative estimate of drug-likeness (QED) is 0.442. The maximum atomic E-state index is 13.9. The molecule has 32 heavy (non-hydrogen) atoms. The van der Waals surface area contributed by atoms with E-state index in [0.717, 1.165) is 27.8 Å². The molecule has 0 fully saturated rings. The molecule has 0 bridgehead atoms. The van der Waals surface area contributed by atoms with Crippen LogP contribution in [0, 0.1) is 12.7 Å². The van der Waals surface area contributed by atoms with Crippen LogP contribution < -0.4 is 10.1 Å². The maximum Gasteiger partial charge on any atom is 0.273 e. The topological polar surface area (TPSA) is 77.2 Å². The predicted molar refractivity (Wildman–Crippen MR) is 122 cm³/mol. The molecule has 0 aliphatic rings. The Labute approximate surface area is 186 Å². The third-order valence-corrected chi connectivity index (χ3v) is 4.96. The fourth-order valence-electron chi connectivity index (χ4n) is 3.47. The average molecular weight is 435 g/mol. The zero-order valence-electron chi connectivity index (χ0n) is 18.6. The third kappa shape index (κ3) is 4.77. The van der Waals surface area contributed by atoms with Crippen LogP contribution in [-0.4, -0.2) is 29.5 Å². The highest BCUT2D eigenvalue weighted by molar-refractivity contribution is 5.97. The molecule has 0 radical (unpaired) electrons. The number of benzene rings is 2. The van der Waals surface area contributed by atoms with Gasteiger partial charge in [-0.1, -0.05) is 32.0 Å². The summed E-state index contributed by atoms with van der Waals surface area (Å²) < 4.78 is 24.7. The van der Waals surface area contributed by atoms with Crippen molar-refractivity contribution in [3.8, 4) is 17.1 Å². The van der Waals surface area contributed by atoms with Crippen molar-refractivity contribution in [3.63, 3.8) is 0 Å². The lowest BCUT2D eigenvalue weighted by molar-refractivity contribution is 0.0950. The van der Waals surface area contributed by atoms with Crippen molar-refractivity contribution in [1.29, 1.82) is 0 Å². The van der Waals surface area contributed by atoms with E-state index < -0.39 is 0 Å². The smallest absolute Gasteiger partial charge is 0.273 e. The summed E-state index contributed by atoms with van der Waals surface area (Å²) in [6.45, 7) is 6.28. The van der Waals surface area contributed by atoms with Crippen LogP contribution >= 0.6 is 0 Å².